The summed E-state index contributed by atoms with van der Waals surface area (Å²) in [7, 11) is 0. The number of morpholine rings is 1. The van der Waals surface area contributed by atoms with Crippen LogP contribution in [0.2, 0.25) is 0 Å². The molecule has 0 bridgehead atoms. The summed E-state index contributed by atoms with van der Waals surface area (Å²) in [4.78, 5) is 2.19. The Morgan fingerprint density at radius 3 is 3.00 bits per heavy atom. The molecule has 2 atom stereocenters. The smallest absolute Gasteiger partial charge is 0.127 e. The van der Waals surface area contributed by atoms with Gasteiger partial charge in [-0.25, -0.2) is 4.39 Å². The number of hydrogen-bond acceptors (Lipinski definition) is 3. The molecule has 96 valence electrons. The van der Waals surface area contributed by atoms with Crippen molar-refractivity contribution < 1.29 is 9.13 Å². The second kappa shape index (κ2) is 5.47. The van der Waals surface area contributed by atoms with Gasteiger partial charge in [0.1, 0.15) is 5.82 Å². The molecule has 0 aliphatic carbocycles. The second-order valence-electron chi connectivity index (χ2n) is 4.84. The van der Waals surface area contributed by atoms with Gasteiger partial charge >= 0.3 is 0 Å². The zero-order valence-electron chi connectivity index (χ0n) is 10.7. The van der Waals surface area contributed by atoms with E-state index >= 15 is 0 Å². The van der Waals surface area contributed by atoms with Gasteiger partial charge in [-0.3, -0.25) is 4.90 Å². The van der Waals surface area contributed by atoms with Gasteiger partial charge in [0.15, 0.2) is 0 Å². The summed E-state index contributed by atoms with van der Waals surface area (Å²) in [5.74, 6) is -0.250. The Morgan fingerprint density at radius 1 is 1.50 bits per heavy atom. The maximum absolute atomic E-state index is 13.7. The molecule has 0 N–H and O–H groups in total. The van der Waals surface area contributed by atoms with Gasteiger partial charge in [-0.05, 0) is 32.0 Å². The summed E-state index contributed by atoms with van der Waals surface area (Å²) in [6.45, 7) is 6.06. The van der Waals surface area contributed by atoms with E-state index < -0.39 is 0 Å². The molecule has 2 unspecified atom stereocenters. The lowest BCUT2D eigenvalue weighted by Gasteiger charge is -2.36. The van der Waals surface area contributed by atoms with Crippen molar-refractivity contribution in [2.75, 3.05) is 13.2 Å². The number of rotatable bonds is 2. The standard InChI is InChI=1S/C14H17FN2O/c1-10-9-18-11(2)7-17(10)8-13-5-12(6-16)3-4-14(13)15/h3-5,10-11H,7-9H2,1-2H3. The summed E-state index contributed by atoms with van der Waals surface area (Å²) < 4.78 is 19.3. The first kappa shape index (κ1) is 13.0. The van der Waals surface area contributed by atoms with Crippen molar-refractivity contribution in [2.45, 2.75) is 32.5 Å². The zero-order chi connectivity index (χ0) is 13.1. The highest BCUT2D eigenvalue weighted by Gasteiger charge is 2.24. The second-order valence-corrected chi connectivity index (χ2v) is 4.84. The van der Waals surface area contributed by atoms with E-state index in [1.807, 2.05) is 13.0 Å². The Hall–Kier alpha value is -1.44. The summed E-state index contributed by atoms with van der Waals surface area (Å²) in [6, 6.07) is 6.81. The maximum atomic E-state index is 13.7. The van der Waals surface area contributed by atoms with E-state index in [0.29, 0.717) is 24.3 Å². The van der Waals surface area contributed by atoms with Gasteiger partial charge in [0, 0.05) is 24.7 Å². The number of nitrogens with zero attached hydrogens (tertiary/aromatic N) is 2. The number of hydrogen-bond donors (Lipinski definition) is 0. The van der Waals surface area contributed by atoms with Crippen LogP contribution in [0.4, 0.5) is 4.39 Å². The van der Waals surface area contributed by atoms with Gasteiger partial charge in [-0.2, -0.15) is 5.26 Å². The summed E-state index contributed by atoms with van der Waals surface area (Å²) >= 11 is 0. The molecule has 0 aromatic heterocycles. The van der Waals surface area contributed by atoms with E-state index in [1.54, 1.807) is 6.07 Å². The zero-order valence-corrected chi connectivity index (χ0v) is 10.7. The third kappa shape index (κ3) is 2.87. The minimum atomic E-state index is -0.250. The highest BCUT2D eigenvalue weighted by molar-refractivity contribution is 5.33. The van der Waals surface area contributed by atoms with Crippen molar-refractivity contribution in [3.63, 3.8) is 0 Å². The van der Waals surface area contributed by atoms with Gasteiger partial charge in [0.25, 0.3) is 0 Å². The lowest BCUT2D eigenvalue weighted by molar-refractivity contribution is -0.0529. The van der Waals surface area contributed by atoms with E-state index in [1.165, 1.54) is 12.1 Å². The fraction of sp³-hybridized carbons (Fsp3) is 0.500. The SMILES string of the molecule is CC1CN(Cc2cc(C#N)ccc2F)C(C)CO1. The molecule has 0 spiro atoms. The molecule has 4 heteroatoms. The van der Waals surface area contributed by atoms with Crippen molar-refractivity contribution in [3.05, 3.63) is 35.1 Å². The molecule has 1 heterocycles. The average molecular weight is 248 g/mol. The maximum Gasteiger partial charge on any atom is 0.127 e. The quantitative estimate of drug-likeness (QED) is 0.805. The Balaban J connectivity index is 2.15. The van der Waals surface area contributed by atoms with Crippen LogP contribution < -0.4 is 0 Å². The minimum Gasteiger partial charge on any atom is -0.376 e. The van der Waals surface area contributed by atoms with Gasteiger partial charge in [0.05, 0.1) is 24.3 Å². The van der Waals surface area contributed by atoms with Crippen LogP contribution in [0.3, 0.4) is 0 Å². The van der Waals surface area contributed by atoms with Crippen LogP contribution in [-0.4, -0.2) is 30.2 Å². The fourth-order valence-corrected chi connectivity index (χ4v) is 2.18. The topological polar surface area (TPSA) is 36.3 Å². The van der Waals surface area contributed by atoms with Crippen molar-refractivity contribution in [1.82, 2.24) is 4.90 Å². The monoisotopic (exact) mass is 248 g/mol. The van der Waals surface area contributed by atoms with E-state index in [4.69, 9.17) is 10.00 Å². The molecular weight excluding hydrogens is 231 g/mol. The Kier molecular flexibility index (Phi) is 3.95. The van der Waals surface area contributed by atoms with Crippen LogP contribution in [0.1, 0.15) is 25.0 Å². The largest absolute Gasteiger partial charge is 0.376 e. The van der Waals surface area contributed by atoms with Crippen LogP contribution in [0.15, 0.2) is 18.2 Å². The molecule has 1 fully saturated rings. The minimum absolute atomic E-state index is 0.170. The van der Waals surface area contributed by atoms with Gasteiger partial charge in [0.2, 0.25) is 0 Å². The highest BCUT2D eigenvalue weighted by atomic mass is 19.1. The normalized spacial score (nSPS) is 24.8. The molecule has 1 aliphatic heterocycles. The fourth-order valence-electron chi connectivity index (χ4n) is 2.18. The first-order valence-electron chi connectivity index (χ1n) is 6.14. The molecule has 3 nitrogen and oxygen atoms in total. The van der Waals surface area contributed by atoms with Crippen LogP contribution in [0, 0.1) is 17.1 Å². The van der Waals surface area contributed by atoms with E-state index in [9.17, 15) is 4.39 Å². The van der Waals surface area contributed by atoms with E-state index in [2.05, 4.69) is 11.8 Å². The van der Waals surface area contributed by atoms with Crippen LogP contribution in [0.25, 0.3) is 0 Å². The Morgan fingerprint density at radius 2 is 2.28 bits per heavy atom. The Labute approximate surface area is 107 Å². The van der Waals surface area contributed by atoms with Crippen molar-refractivity contribution in [1.29, 1.82) is 5.26 Å². The molecule has 1 aliphatic rings. The van der Waals surface area contributed by atoms with E-state index in [-0.39, 0.29) is 18.0 Å². The van der Waals surface area contributed by atoms with Crippen LogP contribution in [0.5, 0.6) is 0 Å². The molecule has 1 aromatic carbocycles. The average Bonchev–Trinajstić information content (AvgIpc) is 2.36. The van der Waals surface area contributed by atoms with Crippen molar-refractivity contribution in [3.8, 4) is 6.07 Å². The van der Waals surface area contributed by atoms with Crippen molar-refractivity contribution >= 4 is 0 Å². The number of ether oxygens (including phenoxy) is 1. The summed E-state index contributed by atoms with van der Waals surface area (Å²) in [6.07, 6.45) is 0.170. The lowest BCUT2D eigenvalue weighted by atomic mass is 10.1. The molecule has 2 rings (SSSR count). The Bertz CT molecular complexity index is 469. The predicted octanol–water partition coefficient (Wildman–Crippen LogP) is 2.31. The number of benzene rings is 1. The number of halogens is 1. The molecule has 1 aromatic rings. The lowest BCUT2D eigenvalue weighted by Crippen LogP contribution is -2.46. The molecular formula is C14H17FN2O. The molecule has 0 radical (unpaired) electrons. The third-order valence-electron chi connectivity index (χ3n) is 3.29. The third-order valence-corrected chi connectivity index (χ3v) is 3.29. The van der Waals surface area contributed by atoms with Gasteiger partial charge in [-0.15, -0.1) is 0 Å². The van der Waals surface area contributed by atoms with Crippen LogP contribution in [-0.2, 0) is 11.3 Å². The molecule has 0 amide bonds. The number of nitriles is 1. The molecule has 1 saturated heterocycles. The summed E-state index contributed by atoms with van der Waals surface area (Å²) in [5.41, 5.74) is 1.08. The highest BCUT2D eigenvalue weighted by Crippen LogP contribution is 2.18. The van der Waals surface area contributed by atoms with Crippen LogP contribution >= 0.6 is 0 Å². The molecule has 18 heavy (non-hydrogen) atoms. The summed E-state index contributed by atoms with van der Waals surface area (Å²) in [5, 5.41) is 8.85. The van der Waals surface area contributed by atoms with Crippen molar-refractivity contribution in [2.24, 2.45) is 0 Å². The van der Waals surface area contributed by atoms with E-state index in [0.717, 1.165) is 6.54 Å². The molecule has 0 saturated carbocycles. The van der Waals surface area contributed by atoms with Gasteiger partial charge in [-0.1, -0.05) is 0 Å². The first-order valence-corrected chi connectivity index (χ1v) is 6.14. The first-order chi connectivity index (χ1) is 8.60. The van der Waals surface area contributed by atoms with Gasteiger partial charge < -0.3 is 4.74 Å². The predicted molar refractivity (Wildman–Crippen MR) is 66.4 cm³/mol.